The van der Waals surface area contributed by atoms with Crippen LogP contribution >= 0.6 is 0 Å². The molecule has 0 spiro atoms. The molecule has 222 valence electrons. The van der Waals surface area contributed by atoms with Gasteiger partial charge >= 0.3 is 18.5 Å². The summed E-state index contributed by atoms with van der Waals surface area (Å²) >= 11 is 0. The Morgan fingerprint density at radius 2 is 1.21 bits per heavy atom. The molecule has 0 aliphatic rings. The number of nitrogens with zero attached hydrogens (tertiary/aromatic N) is 3. The van der Waals surface area contributed by atoms with Crippen LogP contribution in [0.15, 0.2) is 79.1 Å². The summed E-state index contributed by atoms with van der Waals surface area (Å²) in [5, 5.41) is 9.58. The highest BCUT2D eigenvalue weighted by atomic mass is 19.4. The van der Waals surface area contributed by atoms with Gasteiger partial charge in [-0.3, -0.25) is 0 Å². The average molecular weight is 601 g/mol. The van der Waals surface area contributed by atoms with Crippen LogP contribution < -0.4 is 9.64 Å². The topological polar surface area (TPSA) is 58.5 Å². The number of rotatable bonds is 8. The Hall–Kier alpha value is -4.49. The Labute approximate surface area is 232 Å². The van der Waals surface area contributed by atoms with Gasteiger partial charge in [0.15, 0.2) is 5.75 Å². The zero-order valence-electron chi connectivity index (χ0n) is 21.2. The summed E-state index contributed by atoms with van der Waals surface area (Å²) < 4.78 is 127. The van der Waals surface area contributed by atoms with E-state index in [0.717, 1.165) is 35.5 Å². The van der Waals surface area contributed by atoms with E-state index in [1.807, 2.05) is 0 Å². The minimum absolute atomic E-state index is 0.0179. The highest BCUT2D eigenvalue weighted by Crippen LogP contribution is 2.38. The fourth-order valence-electron chi connectivity index (χ4n) is 3.97. The predicted octanol–water partition coefficient (Wildman–Crippen LogP) is 8.02. The molecule has 1 N–H and O–H groups in total. The molecule has 4 rings (SSSR count). The summed E-state index contributed by atoms with van der Waals surface area (Å²) in [4.78, 5) is 8.80. The molecule has 0 saturated carbocycles. The fourth-order valence-corrected chi connectivity index (χ4v) is 3.97. The van der Waals surface area contributed by atoms with Crippen molar-refractivity contribution in [3.63, 3.8) is 0 Å². The van der Waals surface area contributed by atoms with Gasteiger partial charge in [-0.25, -0.2) is 9.97 Å². The van der Waals surface area contributed by atoms with Crippen molar-refractivity contribution in [2.75, 3.05) is 4.90 Å². The Morgan fingerprint density at radius 1 is 0.643 bits per heavy atom. The Balaban J connectivity index is 1.77. The molecule has 1 aromatic heterocycles. The van der Waals surface area contributed by atoms with Crippen molar-refractivity contribution in [3.05, 3.63) is 113 Å². The van der Waals surface area contributed by atoms with Gasteiger partial charge in [-0.2, -0.15) is 39.5 Å². The molecule has 0 radical (unpaired) electrons. The van der Waals surface area contributed by atoms with E-state index >= 15 is 0 Å². The van der Waals surface area contributed by atoms with E-state index in [-0.39, 0.29) is 29.9 Å². The van der Waals surface area contributed by atoms with Crippen LogP contribution in [0.3, 0.4) is 0 Å². The molecule has 3 aromatic carbocycles. The third-order valence-electron chi connectivity index (χ3n) is 5.91. The second kappa shape index (κ2) is 11.8. The molecule has 0 atom stereocenters. The summed E-state index contributed by atoms with van der Waals surface area (Å²) in [6.07, 6.45) is -13.2. The minimum Gasteiger partial charge on any atom is -0.505 e. The molecule has 1 heterocycles. The molecule has 5 nitrogen and oxygen atoms in total. The quantitative estimate of drug-likeness (QED) is 0.207. The van der Waals surface area contributed by atoms with Crippen molar-refractivity contribution < 1.29 is 49.4 Å². The number of aromatic nitrogens is 2. The van der Waals surface area contributed by atoms with E-state index in [0.29, 0.717) is 17.7 Å². The van der Waals surface area contributed by atoms with E-state index in [9.17, 15) is 44.6 Å². The van der Waals surface area contributed by atoms with Gasteiger partial charge in [0.2, 0.25) is 5.95 Å². The van der Waals surface area contributed by atoms with Gasteiger partial charge in [0.05, 0.1) is 29.1 Å². The van der Waals surface area contributed by atoms with Gasteiger partial charge in [-0.1, -0.05) is 30.3 Å². The van der Waals surface area contributed by atoms with Crippen LogP contribution in [0.4, 0.5) is 45.5 Å². The smallest absolute Gasteiger partial charge is 0.416 e. The lowest BCUT2D eigenvalue weighted by Crippen LogP contribution is -2.25. The van der Waals surface area contributed by atoms with Crippen LogP contribution in [0.2, 0.25) is 0 Å². The van der Waals surface area contributed by atoms with Crippen LogP contribution in [0.1, 0.15) is 33.4 Å². The number of hydrogen-bond acceptors (Lipinski definition) is 5. The van der Waals surface area contributed by atoms with Crippen LogP contribution in [-0.4, -0.2) is 15.1 Å². The zero-order chi connectivity index (χ0) is 30.7. The molecule has 0 fully saturated rings. The minimum atomic E-state index is -5.12. The van der Waals surface area contributed by atoms with Gasteiger partial charge in [0.1, 0.15) is 12.4 Å². The molecule has 4 aromatic rings. The van der Waals surface area contributed by atoms with Crippen LogP contribution in [-0.2, 0) is 38.2 Å². The lowest BCUT2D eigenvalue weighted by atomic mass is 10.0. The average Bonchev–Trinajstić information content (AvgIpc) is 2.91. The maximum atomic E-state index is 13.6. The van der Waals surface area contributed by atoms with E-state index in [4.69, 9.17) is 4.74 Å². The summed E-state index contributed by atoms with van der Waals surface area (Å²) in [6, 6.07) is 12.2. The monoisotopic (exact) mass is 601 g/mol. The highest BCUT2D eigenvalue weighted by Gasteiger charge is 2.37. The van der Waals surface area contributed by atoms with Crippen LogP contribution in [0.5, 0.6) is 11.5 Å². The molecule has 0 aliphatic heterocycles. The van der Waals surface area contributed by atoms with Crippen molar-refractivity contribution in [1.29, 1.82) is 0 Å². The summed E-state index contributed by atoms with van der Waals surface area (Å²) in [5.41, 5.74) is -4.07. The highest BCUT2D eigenvalue weighted by molar-refractivity contribution is 5.44. The van der Waals surface area contributed by atoms with Gasteiger partial charge in [-0.15, -0.1) is 0 Å². The number of alkyl halides is 9. The number of hydrogen-bond donors (Lipinski definition) is 1. The first-order valence-electron chi connectivity index (χ1n) is 12.0. The number of aromatic hydroxyl groups is 1. The predicted molar refractivity (Wildman–Crippen MR) is 132 cm³/mol. The van der Waals surface area contributed by atoms with Gasteiger partial charge < -0.3 is 14.7 Å². The standard InChI is InChI=1S/C28H20F9N3O2/c29-26(30,31)20-6-7-24(42-16-17-4-2-1-3-5-17)19(10-20)15-40(25-38-12-23(41)13-39-25)14-18-8-21(27(32,33)34)11-22(9-18)28(35,36)37/h1-13,41H,14-16H2. The SMILES string of the molecule is Oc1cnc(N(Cc2cc(C(F)(F)F)cc(C(F)(F)F)c2)Cc2cc(C(F)(F)F)ccc2OCc2ccccc2)nc1. The van der Waals surface area contributed by atoms with Crippen molar-refractivity contribution in [3.8, 4) is 11.5 Å². The Kier molecular flexibility index (Phi) is 8.55. The van der Waals surface area contributed by atoms with Crippen molar-refractivity contribution in [1.82, 2.24) is 9.97 Å². The van der Waals surface area contributed by atoms with Crippen LogP contribution in [0, 0.1) is 0 Å². The third kappa shape index (κ3) is 7.83. The van der Waals surface area contributed by atoms with Crippen molar-refractivity contribution in [2.45, 2.75) is 38.2 Å². The summed E-state index contributed by atoms with van der Waals surface area (Å²) in [5.74, 6) is -0.705. The first-order chi connectivity index (χ1) is 19.6. The number of ether oxygens (including phenoxy) is 1. The van der Waals surface area contributed by atoms with E-state index in [2.05, 4.69) is 9.97 Å². The Bertz CT molecular complexity index is 1470. The lowest BCUT2D eigenvalue weighted by molar-refractivity contribution is -0.143. The molecule has 0 bridgehead atoms. The molecule has 14 heteroatoms. The van der Waals surface area contributed by atoms with E-state index < -0.39 is 59.6 Å². The maximum Gasteiger partial charge on any atom is 0.416 e. The molecule has 42 heavy (non-hydrogen) atoms. The molecular formula is C28H20F9N3O2. The second-order valence-electron chi connectivity index (χ2n) is 9.11. The Morgan fingerprint density at radius 3 is 1.76 bits per heavy atom. The van der Waals surface area contributed by atoms with Gasteiger partial charge in [0, 0.05) is 18.7 Å². The lowest BCUT2D eigenvalue weighted by Gasteiger charge is -2.25. The maximum absolute atomic E-state index is 13.6. The molecule has 0 unspecified atom stereocenters. The number of anilines is 1. The molecule has 0 saturated heterocycles. The van der Waals surface area contributed by atoms with Gasteiger partial charge in [-0.05, 0) is 47.5 Å². The molecule has 0 aliphatic carbocycles. The second-order valence-corrected chi connectivity index (χ2v) is 9.11. The molecular weight excluding hydrogens is 581 g/mol. The first-order valence-corrected chi connectivity index (χ1v) is 12.0. The molecule has 0 amide bonds. The van der Waals surface area contributed by atoms with Crippen LogP contribution in [0.25, 0.3) is 0 Å². The fraction of sp³-hybridized carbons (Fsp3) is 0.214. The zero-order valence-corrected chi connectivity index (χ0v) is 21.2. The normalized spacial score (nSPS) is 12.3. The van der Waals surface area contributed by atoms with Gasteiger partial charge in [0.25, 0.3) is 0 Å². The summed E-state index contributed by atoms with van der Waals surface area (Å²) in [6.45, 7) is -1.24. The largest absolute Gasteiger partial charge is 0.505 e. The number of halogens is 9. The third-order valence-corrected chi connectivity index (χ3v) is 5.91. The number of benzene rings is 3. The van der Waals surface area contributed by atoms with E-state index in [1.165, 1.54) is 0 Å². The summed E-state index contributed by atoms with van der Waals surface area (Å²) in [7, 11) is 0. The van der Waals surface area contributed by atoms with E-state index in [1.54, 1.807) is 30.3 Å². The first kappa shape index (κ1) is 30.5. The van der Waals surface area contributed by atoms with Crippen molar-refractivity contribution >= 4 is 5.95 Å². The van der Waals surface area contributed by atoms with Crippen molar-refractivity contribution in [2.24, 2.45) is 0 Å².